The highest BCUT2D eigenvalue weighted by atomic mass is 32.1. The van der Waals surface area contributed by atoms with Crippen LogP contribution in [0.15, 0.2) is 0 Å². The van der Waals surface area contributed by atoms with Crippen LogP contribution < -0.4 is 0 Å². The molecule has 3 heteroatoms. The Morgan fingerprint density at radius 1 is 1.07 bits per heavy atom. The second-order valence-electron chi connectivity index (χ2n) is 4.62. The van der Waals surface area contributed by atoms with Crippen molar-refractivity contribution in [3.05, 3.63) is 0 Å². The zero-order chi connectivity index (χ0) is 11.0. The van der Waals surface area contributed by atoms with Gasteiger partial charge in [-0.3, -0.25) is 0 Å². The summed E-state index contributed by atoms with van der Waals surface area (Å²) in [4.78, 5) is 0. The van der Waals surface area contributed by atoms with Crippen LogP contribution in [0, 0.1) is 5.41 Å². The van der Waals surface area contributed by atoms with Crippen LogP contribution in [-0.4, -0.2) is 32.7 Å². The molecule has 0 radical (unpaired) electrons. The van der Waals surface area contributed by atoms with Crippen LogP contribution >= 0.6 is 12.6 Å². The van der Waals surface area contributed by atoms with Crippen LogP contribution in [0.4, 0.5) is 0 Å². The Bertz CT molecular complexity index is 154. The number of methoxy groups -OCH3 is 1. The van der Waals surface area contributed by atoms with Gasteiger partial charge in [-0.15, -0.1) is 0 Å². The van der Waals surface area contributed by atoms with E-state index in [1.807, 2.05) is 0 Å². The van der Waals surface area contributed by atoms with E-state index in [1.165, 1.54) is 38.5 Å². The molecule has 1 saturated carbocycles. The Morgan fingerprint density at radius 3 is 2.27 bits per heavy atom. The summed E-state index contributed by atoms with van der Waals surface area (Å²) in [5.41, 5.74) is 0.341. The lowest BCUT2D eigenvalue weighted by molar-refractivity contribution is 0.0178. The summed E-state index contributed by atoms with van der Waals surface area (Å²) in [5.74, 6) is 0.958. The van der Waals surface area contributed by atoms with Crippen LogP contribution in [0.25, 0.3) is 0 Å². The van der Waals surface area contributed by atoms with Crippen LogP contribution in [0.5, 0.6) is 0 Å². The zero-order valence-corrected chi connectivity index (χ0v) is 10.7. The summed E-state index contributed by atoms with van der Waals surface area (Å²) in [7, 11) is 1.71. The Hall–Kier alpha value is 0.270. The van der Waals surface area contributed by atoms with Gasteiger partial charge in [-0.2, -0.15) is 12.6 Å². The number of rotatable bonds is 6. The molecule has 2 nitrogen and oxygen atoms in total. The van der Waals surface area contributed by atoms with Gasteiger partial charge in [0.2, 0.25) is 0 Å². The van der Waals surface area contributed by atoms with E-state index in [4.69, 9.17) is 9.47 Å². The Kier molecular flexibility index (Phi) is 6.69. The van der Waals surface area contributed by atoms with Crippen molar-refractivity contribution in [3.8, 4) is 0 Å². The molecule has 0 bridgehead atoms. The maximum Gasteiger partial charge on any atom is 0.0700 e. The number of hydrogen-bond donors (Lipinski definition) is 1. The van der Waals surface area contributed by atoms with Gasteiger partial charge in [-0.1, -0.05) is 25.7 Å². The monoisotopic (exact) mass is 232 g/mol. The van der Waals surface area contributed by atoms with Crippen molar-refractivity contribution < 1.29 is 9.47 Å². The van der Waals surface area contributed by atoms with Gasteiger partial charge in [-0.05, 0) is 18.6 Å². The normalized spacial score (nSPS) is 21.2. The smallest absolute Gasteiger partial charge is 0.0700 e. The first-order valence-corrected chi connectivity index (χ1v) is 6.64. The summed E-state index contributed by atoms with van der Waals surface area (Å²) in [5, 5.41) is 0. The number of ether oxygens (including phenoxy) is 2. The van der Waals surface area contributed by atoms with E-state index < -0.39 is 0 Å². The van der Waals surface area contributed by atoms with Gasteiger partial charge in [-0.25, -0.2) is 0 Å². The molecule has 0 saturated heterocycles. The molecule has 1 fully saturated rings. The quantitative estimate of drug-likeness (QED) is 0.431. The highest BCUT2D eigenvalue weighted by Gasteiger charge is 2.29. The second kappa shape index (κ2) is 7.53. The molecular formula is C12H24O2S. The zero-order valence-electron chi connectivity index (χ0n) is 9.83. The average Bonchev–Trinajstić information content (AvgIpc) is 2.51. The lowest BCUT2D eigenvalue weighted by Crippen LogP contribution is -2.29. The van der Waals surface area contributed by atoms with Gasteiger partial charge < -0.3 is 9.47 Å². The lowest BCUT2D eigenvalue weighted by atomic mass is 9.83. The predicted octanol–water partition coefficient (Wildman–Crippen LogP) is 2.92. The first-order chi connectivity index (χ1) is 7.33. The predicted molar refractivity (Wildman–Crippen MR) is 66.7 cm³/mol. The number of thiol groups is 1. The van der Waals surface area contributed by atoms with Crippen molar-refractivity contribution in [2.45, 2.75) is 38.5 Å². The molecule has 0 heterocycles. The molecule has 0 aromatic heterocycles. The van der Waals surface area contributed by atoms with Gasteiger partial charge in [0.25, 0.3) is 0 Å². The molecule has 0 unspecified atom stereocenters. The SMILES string of the molecule is COCCOCC1(CS)CCCCCC1. The van der Waals surface area contributed by atoms with Crippen molar-refractivity contribution >= 4 is 12.6 Å². The molecule has 0 spiro atoms. The summed E-state index contributed by atoms with van der Waals surface area (Å²) < 4.78 is 10.7. The molecule has 0 aromatic rings. The molecule has 90 valence electrons. The maximum absolute atomic E-state index is 5.69. The third-order valence-electron chi connectivity index (χ3n) is 3.34. The fraction of sp³-hybridized carbons (Fsp3) is 1.00. The van der Waals surface area contributed by atoms with E-state index in [0.29, 0.717) is 18.6 Å². The average molecular weight is 232 g/mol. The van der Waals surface area contributed by atoms with Gasteiger partial charge >= 0.3 is 0 Å². The standard InChI is InChI=1S/C12H24O2S/c1-13-8-9-14-10-12(11-15)6-4-2-3-5-7-12/h15H,2-11H2,1H3. The van der Waals surface area contributed by atoms with Crippen LogP contribution in [0.2, 0.25) is 0 Å². The lowest BCUT2D eigenvalue weighted by Gasteiger charge is -2.30. The van der Waals surface area contributed by atoms with Crippen LogP contribution in [-0.2, 0) is 9.47 Å². The molecule has 1 rings (SSSR count). The largest absolute Gasteiger partial charge is 0.382 e. The molecule has 0 aliphatic heterocycles. The first kappa shape index (κ1) is 13.3. The Labute approximate surface area is 99.1 Å². The van der Waals surface area contributed by atoms with Crippen molar-refractivity contribution in [1.29, 1.82) is 0 Å². The van der Waals surface area contributed by atoms with Crippen LogP contribution in [0.3, 0.4) is 0 Å². The fourth-order valence-electron chi connectivity index (χ4n) is 2.26. The summed E-state index contributed by atoms with van der Waals surface area (Å²) in [6, 6.07) is 0. The molecule has 1 aliphatic carbocycles. The Morgan fingerprint density at radius 2 is 1.73 bits per heavy atom. The van der Waals surface area contributed by atoms with Crippen molar-refractivity contribution in [2.24, 2.45) is 5.41 Å². The molecular weight excluding hydrogens is 208 g/mol. The maximum atomic E-state index is 5.69. The minimum atomic E-state index is 0.341. The fourth-order valence-corrected chi connectivity index (χ4v) is 2.67. The van der Waals surface area contributed by atoms with Gasteiger partial charge in [0.15, 0.2) is 0 Å². The third kappa shape index (κ3) is 4.75. The minimum absolute atomic E-state index is 0.341. The molecule has 0 aromatic carbocycles. The van der Waals surface area contributed by atoms with Crippen molar-refractivity contribution in [3.63, 3.8) is 0 Å². The van der Waals surface area contributed by atoms with Gasteiger partial charge in [0.1, 0.15) is 0 Å². The molecule has 0 amide bonds. The molecule has 1 aliphatic rings. The molecule has 15 heavy (non-hydrogen) atoms. The summed E-state index contributed by atoms with van der Waals surface area (Å²) in [6.07, 6.45) is 8.01. The van der Waals surface area contributed by atoms with Crippen LogP contribution in [0.1, 0.15) is 38.5 Å². The highest BCUT2D eigenvalue weighted by molar-refractivity contribution is 7.80. The highest BCUT2D eigenvalue weighted by Crippen LogP contribution is 2.36. The first-order valence-electron chi connectivity index (χ1n) is 6.00. The van der Waals surface area contributed by atoms with Gasteiger partial charge in [0.05, 0.1) is 19.8 Å². The third-order valence-corrected chi connectivity index (χ3v) is 4.01. The van der Waals surface area contributed by atoms with E-state index in [0.717, 1.165) is 12.4 Å². The van der Waals surface area contributed by atoms with E-state index >= 15 is 0 Å². The second-order valence-corrected chi connectivity index (χ2v) is 4.93. The molecule has 0 atom stereocenters. The minimum Gasteiger partial charge on any atom is -0.382 e. The van der Waals surface area contributed by atoms with E-state index in [9.17, 15) is 0 Å². The van der Waals surface area contributed by atoms with E-state index in [1.54, 1.807) is 7.11 Å². The van der Waals surface area contributed by atoms with E-state index in [-0.39, 0.29) is 0 Å². The summed E-state index contributed by atoms with van der Waals surface area (Å²) >= 11 is 4.51. The van der Waals surface area contributed by atoms with Crippen molar-refractivity contribution in [2.75, 3.05) is 32.7 Å². The Balaban J connectivity index is 2.29. The van der Waals surface area contributed by atoms with E-state index in [2.05, 4.69) is 12.6 Å². The van der Waals surface area contributed by atoms with Crippen molar-refractivity contribution in [1.82, 2.24) is 0 Å². The summed E-state index contributed by atoms with van der Waals surface area (Å²) in [6.45, 7) is 2.27. The topological polar surface area (TPSA) is 18.5 Å². The molecule has 0 N–H and O–H groups in total. The number of hydrogen-bond acceptors (Lipinski definition) is 3. The van der Waals surface area contributed by atoms with Gasteiger partial charge in [0, 0.05) is 12.5 Å².